The molecule has 38 heavy (non-hydrogen) atoms. The number of nitrogens with zero attached hydrogens (tertiary/aromatic N) is 1. The van der Waals surface area contributed by atoms with E-state index in [4.69, 9.17) is 23.2 Å². The number of halogens is 2. The number of carbonyl (C=O) groups excluding carboxylic acids is 2. The Balaban J connectivity index is 1.70. The maximum atomic E-state index is 13.7. The lowest BCUT2D eigenvalue weighted by atomic mass is 10.0. The number of carbonyl (C=O) groups is 2. The van der Waals surface area contributed by atoms with Crippen molar-refractivity contribution in [3.05, 3.63) is 123 Å². The monoisotopic (exact) mass is 566 g/mol. The summed E-state index contributed by atoms with van der Waals surface area (Å²) in [5.41, 5.74) is 2.61. The molecule has 0 heterocycles. The number of hydrogen-bond acceptors (Lipinski definition) is 4. The molecule has 0 aliphatic rings. The molecule has 0 spiro atoms. The summed E-state index contributed by atoms with van der Waals surface area (Å²) >= 11 is 12.3. The zero-order valence-electron chi connectivity index (χ0n) is 20.6. The van der Waals surface area contributed by atoms with Crippen molar-refractivity contribution in [3.8, 4) is 0 Å². The van der Waals surface area contributed by atoms with E-state index in [1.807, 2.05) is 6.92 Å². The van der Waals surface area contributed by atoms with Gasteiger partial charge >= 0.3 is 0 Å². The molecule has 0 radical (unpaired) electrons. The molecule has 9 heteroatoms. The second-order valence-electron chi connectivity index (χ2n) is 8.69. The van der Waals surface area contributed by atoms with E-state index in [1.165, 1.54) is 24.3 Å². The van der Waals surface area contributed by atoms with E-state index in [2.05, 4.69) is 5.32 Å². The molecular weight excluding hydrogens is 543 g/mol. The number of amides is 1. The molecule has 0 bridgehead atoms. The Hall–Kier alpha value is -3.65. The van der Waals surface area contributed by atoms with E-state index in [9.17, 15) is 18.0 Å². The Morgan fingerprint density at radius 3 is 2.11 bits per heavy atom. The van der Waals surface area contributed by atoms with Gasteiger partial charge in [-0.25, -0.2) is 8.42 Å². The van der Waals surface area contributed by atoms with Crippen LogP contribution in [0.15, 0.2) is 95.9 Å². The van der Waals surface area contributed by atoms with Crippen LogP contribution in [-0.2, 0) is 14.8 Å². The summed E-state index contributed by atoms with van der Waals surface area (Å²) in [5, 5.41) is 3.46. The van der Waals surface area contributed by atoms with Crippen molar-refractivity contribution in [2.75, 3.05) is 16.2 Å². The number of hydrogen-bond donors (Lipinski definition) is 1. The van der Waals surface area contributed by atoms with Gasteiger partial charge in [0.2, 0.25) is 5.91 Å². The lowest BCUT2D eigenvalue weighted by Crippen LogP contribution is -2.38. The first-order chi connectivity index (χ1) is 18.1. The first-order valence-corrected chi connectivity index (χ1v) is 13.8. The number of benzene rings is 4. The highest BCUT2D eigenvalue weighted by atomic mass is 35.5. The smallest absolute Gasteiger partial charge is 0.264 e. The van der Waals surface area contributed by atoms with Gasteiger partial charge in [-0.15, -0.1) is 0 Å². The fourth-order valence-corrected chi connectivity index (χ4v) is 5.80. The molecule has 0 saturated heterocycles. The summed E-state index contributed by atoms with van der Waals surface area (Å²) in [6.45, 7) is 3.03. The molecular formula is C29H24Cl2N2O4S. The van der Waals surface area contributed by atoms with Gasteiger partial charge in [0.05, 0.1) is 16.3 Å². The van der Waals surface area contributed by atoms with Crippen LogP contribution in [0.4, 0.5) is 11.4 Å². The summed E-state index contributed by atoms with van der Waals surface area (Å²) < 4.78 is 28.5. The summed E-state index contributed by atoms with van der Waals surface area (Å²) in [7, 11) is -4.13. The fraction of sp³-hybridized carbons (Fsp3) is 0.103. The Kier molecular flexibility index (Phi) is 8.21. The van der Waals surface area contributed by atoms with Gasteiger partial charge in [-0.3, -0.25) is 13.9 Å². The predicted molar refractivity (Wildman–Crippen MR) is 152 cm³/mol. The average Bonchev–Trinajstić information content (AvgIpc) is 2.89. The highest BCUT2D eigenvalue weighted by Crippen LogP contribution is 2.30. The molecule has 1 amide bonds. The van der Waals surface area contributed by atoms with E-state index in [1.54, 1.807) is 73.7 Å². The largest absolute Gasteiger partial charge is 0.324 e. The Labute approximate surface area is 231 Å². The van der Waals surface area contributed by atoms with Crippen LogP contribution in [0.3, 0.4) is 0 Å². The van der Waals surface area contributed by atoms with Crippen LogP contribution in [0.5, 0.6) is 0 Å². The van der Waals surface area contributed by atoms with E-state index in [0.29, 0.717) is 26.9 Å². The Morgan fingerprint density at radius 2 is 1.45 bits per heavy atom. The van der Waals surface area contributed by atoms with Gasteiger partial charge < -0.3 is 5.32 Å². The van der Waals surface area contributed by atoms with Crippen LogP contribution in [0.2, 0.25) is 10.0 Å². The lowest BCUT2D eigenvalue weighted by Gasteiger charge is -2.26. The minimum atomic E-state index is -4.13. The third-order valence-electron chi connectivity index (χ3n) is 5.86. The number of rotatable bonds is 8. The third-order valence-corrected chi connectivity index (χ3v) is 8.10. The highest BCUT2D eigenvalue weighted by molar-refractivity contribution is 7.92. The van der Waals surface area contributed by atoms with Crippen molar-refractivity contribution < 1.29 is 18.0 Å². The molecule has 0 unspecified atom stereocenters. The van der Waals surface area contributed by atoms with Gasteiger partial charge in [0.15, 0.2) is 5.78 Å². The SMILES string of the molecule is Cc1ccc(S(=O)(=O)N(CC(=O)Nc2ccc(Cl)cc2C(=O)c2ccccc2)c2ccc(Cl)cc2C)cc1. The normalized spacial score (nSPS) is 11.2. The van der Waals surface area contributed by atoms with Crippen molar-refractivity contribution in [2.45, 2.75) is 18.7 Å². The fourth-order valence-electron chi connectivity index (χ4n) is 3.91. The van der Waals surface area contributed by atoms with E-state index >= 15 is 0 Å². The summed E-state index contributed by atoms with van der Waals surface area (Å²) in [6.07, 6.45) is 0. The Morgan fingerprint density at radius 1 is 0.816 bits per heavy atom. The van der Waals surface area contributed by atoms with Crippen molar-refractivity contribution >= 4 is 56.3 Å². The lowest BCUT2D eigenvalue weighted by molar-refractivity contribution is -0.114. The van der Waals surface area contributed by atoms with E-state index < -0.39 is 22.5 Å². The van der Waals surface area contributed by atoms with Gasteiger partial charge in [-0.05, 0) is 67.9 Å². The predicted octanol–water partition coefficient (Wildman–Crippen LogP) is 6.68. The molecule has 0 fully saturated rings. The topological polar surface area (TPSA) is 83.6 Å². The second-order valence-corrected chi connectivity index (χ2v) is 11.4. The third kappa shape index (κ3) is 6.07. The average molecular weight is 567 g/mol. The molecule has 4 aromatic rings. The number of nitrogens with one attached hydrogen (secondary N) is 1. The number of anilines is 2. The van der Waals surface area contributed by atoms with Gasteiger partial charge in [-0.2, -0.15) is 0 Å². The van der Waals surface area contributed by atoms with Crippen molar-refractivity contribution in [2.24, 2.45) is 0 Å². The second kappa shape index (κ2) is 11.4. The molecule has 0 aliphatic carbocycles. The maximum absolute atomic E-state index is 13.7. The first-order valence-electron chi connectivity index (χ1n) is 11.6. The molecule has 0 saturated carbocycles. The van der Waals surface area contributed by atoms with Crippen LogP contribution in [-0.4, -0.2) is 26.7 Å². The van der Waals surface area contributed by atoms with Crippen molar-refractivity contribution in [3.63, 3.8) is 0 Å². The molecule has 194 valence electrons. The highest BCUT2D eigenvalue weighted by Gasteiger charge is 2.29. The number of sulfonamides is 1. The van der Waals surface area contributed by atoms with Gasteiger partial charge in [0.25, 0.3) is 10.0 Å². The minimum absolute atomic E-state index is 0.0386. The zero-order valence-corrected chi connectivity index (χ0v) is 22.9. The van der Waals surface area contributed by atoms with Gasteiger partial charge in [-0.1, -0.05) is 71.2 Å². The van der Waals surface area contributed by atoms with Crippen LogP contribution in [0, 0.1) is 13.8 Å². The molecule has 4 rings (SSSR count). The zero-order chi connectivity index (χ0) is 27.4. The van der Waals surface area contributed by atoms with Crippen LogP contribution in [0.1, 0.15) is 27.0 Å². The summed E-state index contributed by atoms with van der Waals surface area (Å²) in [5.74, 6) is -0.972. The number of aryl methyl sites for hydroxylation is 2. The van der Waals surface area contributed by atoms with E-state index in [-0.39, 0.29) is 21.9 Å². The number of ketones is 1. The molecule has 0 aromatic heterocycles. The van der Waals surface area contributed by atoms with E-state index in [0.717, 1.165) is 9.87 Å². The molecule has 6 nitrogen and oxygen atoms in total. The van der Waals surface area contributed by atoms with Crippen LogP contribution >= 0.6 is 23.2 Å². The van der Waals surface area contributed by atoms with Crippen molar-refractivity contribution in [1.29, 1.82) is 0 Å². The molecule has 0 atom stereocenters. The summed E-state index contributed by atoms with van der Waals surface area (Å²) in [6, 6.07) is 24.2. The molecule has 4 aromatic carbocycles. The van der Waals surface area contributed by atoms with Gasteiger partial charge in [0.1, 0.15) is 6.54 Å². The quantitative estimate of drug-likeness (QED) is 0.241. The first kappa shape index (κ1) is 27.4. The molecule has 0 aliphatic heterocycles. The van der Waals surface area contributed by atoms with Gasteiger partial charge in [0, 0.05) is 21.2 Å². The maximum Gasteiger partial charge on any atom is 0.264 e. The van der Waals surface area contributed by atoms with Crippen LogP contribution in [0.25, 0.3) is 0 Å². The summed E-state index contributed by atoms with van der Waals surface area (Å²) in [4.78, 5) is 26.5. The molecule has 1 N–H and O–H groups in total. The standard InChI is InChI=1S/C29H24Cl2N2O4S/c1-19-8-12-24(13-9-19)38(36,37)33(27-15-11-22(30)16-20(27)2)18-28(34)32-26-14-10-23(31)17-25(26)29(35)21-6-4-3-5-7-21/h3-17H,18H2,1-2H3,(H,32,34). The van der Waals surface area contributed by atoms with Crippen molar-refractivity contribution in [1.82, 2.24) is 0 Å². The van der Waals surface area contributed by atoms with Crippen LogP contribution < -0.4 is 9.62 Å². The minimum Gasteiger partial charge on any atom is -0.324 e. The Bertz CT molecular complexity index is 1610.